The van der Waals surface area contributed by atoms with Gasteiger partial charge in [-0.1, -0.05) is 18.2 Å². The zero-order chi connectivity index (χ0) is 28.8. The number of aromatic nitrogens is 4. The van der Waals surface area contributed by atoms with Crippen molar-refractivity contribution in [1.82, 2.24) is 19.5 Å². The molecule has 0 radical (unpaired) electrons. The highest BCUT2D eigenvalue weighted by atomic mass is 32.2. The number of hydrogen-bond acceptors (Lipinski definition) is 11. The van der Waals surface area contributed by atoms with Crippen LogP contribution >= 0.6 is 11.8 Å². The second kappa shape index (κ2) is 13.2. The summed E-state index contributed by atoms with van der Waals surface area (Å²) in [6.07, 6.45) is 2.08. The number of carbonyl (C=O) groups is 1. The third-order valence-electron chi connectivity index (χ3n) is 6.73. The second-order valence-corrected chi connectivity index (χ2v) is 10.0. The Morgan fingerprint density at radius 1 is 1.10 bits per heavy atom. The Labute approximate surface area is 241 Å². The van der Waals surface area contributed by atoms with Crippen LogP contribution in [0.1, 0.15) is 28.6 Å². The van der Waals surface area contributed by atoms with Crippen molar-refractivity contribution in [2.75, 3.05) is 39.2 Å². The normalized spacial score (nSPS) is 18.4. The topological polar surface area (TPSA) is 139 Å². The molecule has 5 rings (SSSR count). The van der Waals surface area contributed by atoms with Gasteiger partial charge in [-0.2, -0.15) is 0 Å². The van der Waals surface area contributed by atoms with Gasteiger partial charge in [0.15, 0.2) is 17.0 Å². The van der Waals surface area contributed by atoms with Crippen LogP contribution < -0.4 is 19.5 Å². The van der Waals surface area contributed by atoms with Crippen molar-refractivity contribution in [2.45, 2.75) is 30.6 Å². The number of benzene rings is 2. The van der Waals surface area contributed by atoms with Crippen LogP contribution in [0.4, 0.5) is 5.82 Å². The van der Waals surface area contributed by atoms with E-state index < -0.39 is 12.3 Å². The lowest BCUT2D eigenvalue weighted by molar-refractivity contribution is -0.0533. The number of aliphatic hydroxyl groups excluding tert-OH is 1. The van der Waals surface area contributed by atoms with E-state index in [1.807, 2.05) is 18.2 Å². The van der Waals surface area contributed by atoms with Crippen molar-refractivity contribution in [3.63, 3.8) is 0 Å². The summed E-state index contributed by atoms with van der Waals surface area (Å²) in [5, 5.41) is 12.8. The number of hydrogen-bond donors (Lipinski definition) is 2. The van der Waals surface area contributed by atoms with Crippen LogP contribution in [0, 0.1) is 0 Å². The predicted molar refractivity (Wildman–Crippen MR) is 152 cm³/mol. The van der Waals surface area contributed by atoms with Gasteiger partial charge in [0.2, 0.25) is 0 Å². The summed E-state index contributed by atoms with van der Waals surface area (Å²) in [4.78, 5) is 25.7. The number of nitrogens with one attached hydrogen (secondary N) is 1. The molecule has 13 heteroatoms. The van der Waals surface area contributed by atoms with E-state index in [0.29, 0.717) is 57.9 Å². The number of ether oxygens (including phenoxy) is 5. The predicted octanol–water partition coefficient (Wildman–Crippen LogP) is 3.66. The minimum absolute atomic E-state index is 0.202. The van der Waals surface area contributed by atoms with Crippen LogP contribution in [-0.2, 0) is 15.2 Å². The molecule has 41 heavy (non-hydrogen) atoms. The third-order valence-corrected chi connectivity index (χ3v) is 7.52. The highest BCUT2D eigenvalue weighted by molar-refractivity contribution is 7.98. The zero-order valence-electron chi connectivity index (χ0n) is 22.9. The first-order valence-corrected chi connectivity index (χ1v) is 14.0. The quantitative estimate of drug-likeness (QED) is 0.187. The maximum Gasteiger partial charge on any atom is 0.256 e. The number of amides is 1. The Bertz CT molecular complexity index is 1460. The van der Waals surface area contributed by atoms with Gasteiger partial charge in [0.25, 0.3) is 5.91 Å². The Morgan fingerprint density at radius 2 is 1.85 bits per heavy atom. The SMILES string of the molecule is COc1cc(OC)c(CSCO[C@@H]2C[C@H](n3cnc4c(NC(=O)c5ccccc5)ncnc43)O[C@@H]2CO)c(OC)c1. The lowest BCUT2D eigenvalue weighted by Gasteiger charge is -2.17. The molecule has 1 fully saturated rings. The summed E-state index contributed by atoms with van der Waals surface area (Å²) in [7, 11) is 4.80. The minimum Gasteiger partial charge on any atom is -0.496 e. The molecule has 4 aromatic rings. The van der Waals surface area contributed by atoms with E-state index in [9.17, 15) is 9.90 Å². The van der Waals surface area contributed by atoms with Gasteiger partial charge in [0.1, 0.15) is 35.9 Å². The van der Waals surface area contributed by atoms with Crippen molar-refractivity contribution in [3.8, 4) is 17.2 Å². The van der Waals surface area contributed by atoms with E-state index in [1.165, 1.54) is 6.33 Å². The van der Waals surface area contributed by atoms with E-state index in [-0.39, 0.29) is 18.6 Å². The first-order chi connectivity index (χ1) is 20.1. The largest absolute Gasteiger partial charge is 0.496 e. The third kappa shape index (κ3) is 6.22. The molecule has 0 unspecified atom stereocenters. The zero-order valence-corrected chi connectivity index (χ0v) is 23.7. The molecule has 1 aliphatic rings. The first kappa shape index (κ1) is 28.6. The number of thioether (sulfide) groups is 1. The molecular formula is C28H31N5O7S. The number of carbonyl (C=O) groups excluding carboxylic acids is 1. The van der Waals surface area contributed by atoms with Gasteiger partial charge in [0.05, 0.1) is 46.3 Å². The van der Waals surface area contributed by atoms with E-state index in [2.05, 4.69) is 20.3 Å². The highest BCUT2D eigenvalue weighted by Gasteiger charge is 2.37. The van der Waals surface area contributed by atoms with E-state index in [1.54, 1.807) is 68.3 Å². The fraction of sp³-hybridized carbons (Fsp3) is 0.357. The van der Waals surface area contributed by atoms with Crippen molar-refractivity contribution in [2.24, 2.45) is 0 Å². The average Bonchev–Trinajstić information content (AvgIpc) is 3.64. The molecule has 2 aromatic carbocycles. The van der Waals surface area contributed by atoms with Crippen molar-refractivity contribution >= 4 is 34.7 Å². The van der Waals surface area contributed by atoms with Gasteiger partial charge in [-0.25, -0.2) is 15.0 Å². The molecule has 2 aromatic heterocycles. The maximum absolute atomic E-state index is 12.7. The molecule has 0 spiro atoms. The number of imidazole rings is 1. The fourth-order valence-electron chi connectivity index (χ4n) is 4.63. The lowest BCUT2D eigenvalue weighted by atomic mass is 10.2. The monoisotopic (exact) mass is 581 g/mol. The van der Waals surface area contributed by atoms with Crippen LogP contribution in [0.15, 0.2) is 55.1 Å². The summed E-state index contributed by atoms with van der Waals surface area (Å²) >= 11 is 1.55. The molecule has 2 N–H and O–H groups in total. The summed E-state index contributed by atoms with van der Waals surface area (Å²) < 4.78 is 30.4. The number of anilines is 1. The smallest absolute Gasteiger partial charge is 0.256 e. The van der Waals surface area contributed by atoms with Gasteiger partial charge in [-0.15, -0.1) is 11.8 Å². The van der Waals surface area contributed by atoms with Crippen LogP contribution in [0.3, 0.4) is 0 Å². The van der Waals surface area contributed by atoms with Crippen molar-refractivity contribution < 1.29 is 33.6 Å². The standard InChI is InChI=1S/C28H31N5O7S/c1-36-18-9-20(37-2)19(21(10-18)38-3)13-41-16-39-22-11-24(40-23(22)12-34)33-15-31-25-26(29-14-30-27(25)33)32-28(35)17-7-5-4-6-8-17/h4-10,14-15,22-24,34H,11-13,16H2,1-3H3,(H,29,30,32,35)/t22-,23-,24-/m1/s1. The molecule has 12 nitrogen and oxygen atoms in total. The molecule has 0 bridgehead atoms. The maximum atomic E-state index is 12.7. The van der Waals surface area contributed by atoms with Gasteiger partial charge in [-0.05, 0) is 12.1 Å². The molecule has 3 heterocycles. The molecule has 3 atom stereocenters. The highest BCUT2D eigenvalue weighted by Crippen LogP contribution is 2.38. The van der Waals surface area contributed by atoms with Gasteiger partial charge in [0, 0.05) is 35.4 Å². The molecule has 1 saturated heterocycles. The average molecular weight is 582 g/mol. The Balaban J connectivity index is 1.23. The summed E-state index contributed by atoms with van der Waals surface area (Å²) in [6.45, 7) is -0.202. The summed E-state index contributed by atoms with van der Waals surface area (Å²) in [5.41, 5.74) is 2.33. The van der Waals surface area contributed by atoms with E-state index in [0.717, 1.165) is 5.56 Å². The lowest BCUT2D eigenvalue weighted by Crippen LogP contribution is -2.27. The molecular weight excluding hydrogens is 550 g/mol. The number of aliphatic hydroxyl groups is 1. The van der Waals surface area contributed by atoms with Gasteiger partial charge >= 0.3 is 0 Å². The Hall–Kier alpha value is -3.91. The minimum atomic E-state index is -0.526. The van der Waals surface area contributed by atoms with Crippen LogP contribution in [-0.4, -0.2) is 76.6 Å². The Morgan fingerprint density at radius 3 is 2.54 bits per heavy atom. The van der Waals surface area contributed by atoms with E-state index >= 15 is 0 Å². The summed E-state index contributed by atoms with van der Waals surface area (Å²) in [5.74, 6) is 2.92. The van der Waals surface area contributed by atoms with Crippen molar-refractivity contribution in [1.29, 1.82) is 0 Å². The second-order valence-electron chi connectivity index (χ2n) is 9.10. The molecule has 1 aliphatic heterocycles. The first-order valence-electron chi connectivity index (χ1n) is 12.8. The summed E-state index contributed by atoms with van der Waals surface area (Å²) in [6, 6.07) is 12.5. The number of methoxy groups -OCH3 is 3. The fourth-order valence-corrected chi connectivity index (χ4v) is 5.48. The van der Waals surface area contributed by atoms with Crippen molar-refractivity contribution in [3.05, 3.63) is 66.2 Å². The molecule has 216 valence electrons. The van der Waals surface area contributed by atoms with Gasteiger partial charge in [-0.3, -0.25) is 9.36 Å². The van der Waals surface area contributed by atoms with Gasteiger partial charge < -0.3 is 34.1 Å². The van der Waals surface area contributed by atoms with Crippen LogP contribution in [0.5, 0.6) is 17.2 Å². The number of rotatable bonds is 12. The Kier molecular flexibility index (Phi) is 9.19. The number of fused-ring (bicyclic) bond motifs is 1. The van der Waals surface area contributed by atoms with Crippen LogP contribution in [0.25, 0.3) is 11.2 Å². The molecule has 1 amide bonds. The molecule has 0 aliphatic carbocycles. The van der Waals surface area contributed by atoms with Crippen LogP contribution in [0.2, 0.25) is 0 Å². The number of nitrogens with zero attached hydrogens (tertiary/aromatic N) is 4. The van der Waals surface area contributed by atoms with E-state index in [4.69, 9.17) is 23.7 Å². The molecule has 0 saturated carbocycles.